The van der Waals surface area contributed by atoms with Gasteiger partial charge < -0.3 is 5.32 Å². The van der Waals surface area contributed by atoms with E-state index in [1.807, 2.05) is 0 Å². The molecule has 1 aliphatic heterocycles. The molecule has 1 saturated heterocycles. The van der Waals surface area contributed by atoms with Crippen LogP contribution < -0.4 is 16.2 Å². The van der Waals surface area contributed by atoms with Crippen LogP contribution in [0.5, 0.6) is 0 Å². The Hall–Kier alpha value is -4.02. The van der Waals surface area contributed by atoms with Gasteiger partial charge in [-0.2, -0.15) is 13.2 Å². The first-order valence-electron chi connectivity index (χ1n) is 10.9. The van der Waals surface area contributed by atoms with Crippen LogP contribution in [0.3, 0.4) is 0 Å². The van der Waals surface area contributed by atoms with E-state index in [0.717, 1.165) is 18.2 Å². The second kappa shape index (κ2) is 9.32. The van der Waals surface area contributed by atoms with Gasteiger partial charge in [0.05, 0.1) is 16.5 Å². The zero-order valence-electron chi connectivity index (χ0n) is 18.6. The number of nitrogens with zero attached hydrogens (tertiary/aromatic N) is 2. The molecule has 0 saturated carbocycles. The number of halogens is 3. The number of hydrogen-bond acceptors (Lipinski definition) is 5. The summed E-state index contributed by atoms with van der Waals surface area (Å²) in [5, 5.41) is 5.09. The molecule has 2 N–H and O–H groups in total. The van der Waals surface area contributed by atoms with Crippen molar-refractivity contribution in [3.8, 4) is 0 Å². The fourth-order valence-electron chi connectivity index (χ4n) is 4.18. The van der Waals surface area contributed by atoms with Gasteiger partial charge in [-0.05, 0) is 49.6 Å². The molecule has 8 nitrogen and oxygen atoms in total. The highest BCUT2D eigenvalue weighted by Crippen LogP contribution is 2.29. The van der Waals surface area contributed by atoms with Crippen LogP contribution in [-0.2, 0) is 22.2 Å². The Kier molecular flexibility index (Phi) is 6.42. The minimum Gasteiger partial charge on any atom is -0.352 e. The van der Waals surface area contributed by atoms with Crippen LogP contribution in [-0.4, -0.2) is 33.8 Å². The standard InChI is InChI=1S/C24H21F3N4O4/c1-13-29-17-7-3-4-14(20(17)23(35)31(13)18-8-9-19(32)30-22(18)34)10-11-28-21(33)15-5-2-6-16(12-15)24(25,26)27/h2-7,12,18H,8-11H2,1H3,(H,28,33)(H,30,32,34). The zero-order chi connectivity index (χ0) is 25.3. The van der Waals surface area contributed by atoms with Crippen LogP contribution in [0.15, 0.2) is 47.3 Å². The van der Waals surface area contributed by atoms with Crippen LogP contribution in [0.1, 0.15) is 46.2 Å². The van der Waals surface area contributed by atoms with Gasteiger partial charge >= 0.3 is 6.18 Å². The molecule has 0 radical (unpaired) electrons. The van der Waals surface area contributed by atoms with Crippen molar-refractivity contribution in [1.29, 1.82) is 0 Å². The Morgan fingerprint density at radius 3 is 2.63 bits per heavy atom. The molecule has 182 valence electrons. The molecule has 2 heterocycles. The van der Waals surface area contributed by atoms with Crippen LogP contribution in [0.25, 0.3) is 10.9 Å². The molecule has 35 heavy (non-hydrogen) atoms. The lowest BCUT2D eigenvalue weighted by molar-refractivity contribution is -0.138. The largest absolute Gasteiger partial charge is 0.416 e. The van der Waals surface area contributed by atoms with Crippen molar-refractivity contribution in [3.63, 3.8) is 0 Å². The number of piperidine rings is 1. The summed E-state index contributed by atoms with van der Waals surface area (Å²) in [5.74, 6) is -1.32. The van der Waals surface area contributed by atoms with Gasteiger partial charge in [0, 0.05) is 18.5 Å². The molecule has 1 aliphatic rings. The lowest BCUT2D eigenvalue weighted by atomic mass is 10.0. The molecule has 1 unspecified atom stereocenters. The van der Waals surface area contributed by atoms with Crippen LogP contribution in [0, 0.1) is 6.92 Å². The van der Waals surface area contributed by atoms with Gasteiger partial charge in [-0.3, -0.25) is 29.1 Å². The lowest BCUT2D eigenvalue weighted by Crippen LogP contribution is -2.45. The lowest BCUT2D eigenvalue weighted by Gasteiger charge is -2.24. The Bertz CT molecular complexity index is 1400. The van der Waals surface area contributed by atoms with Crippen molar-refractivity contribution in [1.82, 2.24) is 20.2 Å². The molecule has 3 aromatic rings. The number of hydrogen-bond donors (Lipinski definition) is 2. The van der Waals surface area contributed by atoms with Gasteiger partial charge in [0.15, 0.2) is 0 Å². The van der Waals surface area contributed by atoms with Crippen molar-refractivity contribution in [2.24, 2.45) is 0 Å². The quantitative estimate of drug-likeness (QED) is 0.539. The molecule has 0 spiro atoms. The predicted octanol–water partition coefficient (Wildman–Crippen LogP) is 2.67. The number of alkyl halides is 3. The first kappa shape index (κ1) is 24.1. The minimum absolute atomic E-state index is 0.0555. The fraction of sp³-hybridized carbons (Fsp3) is 0.292. The average molecular weight is 486 g/mol. The smallest absolute Gasteiger partial charge is 0.352 e. The van der Waals surface area contributed by atoms with Crippen LogP contribution >= 0.6 is 0 Å². The van der Waals surface area contributed by atoms with Crippen LogP contribution in [0.4, 0.5) is 13.2 Å². The van der Waals surface area contributed by atoms with Gasteiger partial charge in [0.1, 0.15) is 11.9 Å². The summed E-state index contributed by atoms with van der Waals surface area (Å²) < 4.78 is 40.0. The third-order valence-corrected chi connectivity index (χ3v) is 5.85. The van der Waals surface area contributed by atoms with Gasteiger partial charge in [-0.1, -0.05) is 18.2 Å². The molecular weight excluding hydrogens is 465 g/mol. The number of aryl methyl sites for hydroxylation is 1. The first-order valence-corrected chi connectivity index (χ1v) is 10.9. The highest BCUT2D eigenvalue weighted by molar-refractivity contribution is 5.99. The van der Waals surface area contributed by atoms with E-state index in [4.69, 9.17) is 0 Å². The maximum atomic E-state index is 13.4. The van der Waals surface area contributed by atoms with Crippen molar-refractivity contribution >= 4 is 28.6 Å². The summed E-state index contributed by atoms with van der Waals surface area (Å²) in [7, 11) is 0. The number of imide groups is 1. The van der Waals surface area contributed by atoms with Gasteiger partial charge in [-0.25, -0.2) is 4.98 Å². The Labute approximate surface area is 197 Å². The van der Waals surface area contributed by atoms with E-state index in [1.165, 1.54) is 10.6 Å². The molecule has 4 rings (SSSR count). The summed E-state index contributed by atoms with van der Waals surface area (Å²) >= 11 is 0. The van der Waals surface area contributed by atoms with E-state index in [9.17, 15) is 32.3 Å². The fourth-order valence-corrected chi connectivity index (χ4v) is 4.18. The molecular formula is C24H21F3N4O4. The van der Waals surface area contributed by atoms with Gasteiger partial charge in [-0.15, -0.1) is 0 Å². The van der Waals surface area contributed by atoms with E-state index in [2.05, 4.69) is 15.6 Å². The second-order valence-corrected chi connectivity index (χ2v) is 8.20. The summed E-state index contributed by atoms with van der Waals surface area (Å²) in [6.07, 6.45) is -4.08. The van der Waals surface area contributed by atoms with E-state index in [0.29, 0.717) is 16.9 Å². The van der Waals surface area contributed by atoms with Crippen molar-refractivity contribution < 1.29 is 27.6 Å². The average Bonchev–Trinajstić information content (AvgIpc) is 2.79. The number of fused-ring (bicyclic) bond motifs is 1. The number of benzene rings is 2. The maximum Gasteiger partial charge on any atom is 0.416 e. The molecule has 0 bridgehead atoms. The summed E-state index contributed by atoms with van der Waals surface area (Å²) in [4.78, 5) is 54.1. The minimum atomic E-state index is -4.56. The van der Waals surface area contributed by atoms with Crippen molar-refractivity contribution in [3.05, 3.63) is 75.3 Å². The summed E-state index contributed by atoms with van der Waals surface area (Å²) in [6.45, 7) is 1.66. The molecule has 11 heteroatoms. The molecule has 2 aromatic carbocycles. The maximum absolute atomic E-state index is 13.4. The summed E-state index contributed by atoms with van der Waals surface area (Å²) in [5.41, 5.74) is -0.519. The number of aromatic nitrogens is 2. The number of carbonyl (C=O) groups is 3. The third-order valence-electron chi connectivity index (χ3n) is 5.85. The molecule has 3 amide bonds. The topological polar surface area (TPSA) is 110 Å². The van der Waals surface area contributed by atoms with E-state index >= 15 is 0 Å². The van der Waals surface area contributed by atoms with Gasteiger partial charge in [0.2, 0.25) is 11.8 Å². The SMILES string of the molecule is Cc1nc2cccc(CCNC(=O)c3cccc(C(F)(F)F)c3)c2c(=O)n1C1CCC(=O)NC1=O. The Morgan fingerprint density at radius 1 is 1.17 bits per heavy atom. The molecule has 1 aromatic heterocycles. The van der Waals surface area contributed by atoms with Gasteiger partial charge in [0.25, 0.3) is 11.5 Å². The highest BCUT2D eigenvalue weighted by atomic mass is 19.4. The monoisotopic (exact) mass is 486 g/mol. The Balaban J connectivity index is 1.57. The molecule has 1 fully saturated rings. The van der Waals surface area contributed by atoms with Crippen molar-refractivity contribution in [2.75, 3.05) is 6.54 Å². The van der Waals surface area contributed by atoms with Crippen molar-refractivity contribution in [2.45, 2.75) is 38.4 Å². The normalized spacial score (nSPS) is 16.3. The number of nitrogens with one attached hydrogen (secondary N) is 2. The van der Waals surface area contributed by atoms with Crippen LogP contribution in [0.2, 0.25) is 0 Å². The predicted molar refractivity (Wildman–Crippen MR) is 120 cm³/mol. The highest BCUT2D eigenvalue weighted by Gasteiger charge is 2.32. The first-order chi connectivity index (χ1) is 16.6. The second-order valence-electron chi connectivity index (χ2n) is 8.20. The van der Waals surface area contributed by atoms with E-state index in [1.54, 1.807) is 25.1 Å². The molecule has 1 atom stereocenters. The van der Waals surface area contributed by atoms with E-state index in [-0.39, 0.29) is 36.8 Å². The Morgan fingerprint density at radius 2 is 1.91 bits per heavy atom. The molecule has 0 aliphatic carbocycles. The number of amides is 3. The summed E-state index contributed by atoms with van der Waals surface area (Å²) in [6, 6.07) is 8.28. The number of rotatable bonds is 5. The number of carbonyl (C=O) groups excluding carboxylic acids is 3. The van der Waals surface area contributed by atoms with E-state index < -0.39 is 41.1 Å². The zero-order valence-corrected chi connectivity index (χ0v) is 18.6. The third kappa shape index (κ3) is 4.93.